The lowest BCUT2D eigenvalue weighted by atomic mass is 10.1. The van der Waals surface area contributed by atoms with Gasteiger partial charge in [0, 0.05) is 49.5 Å². The van der Waals surface area contributed by atoms with E-state index in [1.807, 2.05) is 17.8 Å². The molecular formula is C17H19N5S2. The van der Waals surface area contributed by atoms with Crippen LogP contribution >= 0.6 is 22.7 Å². The second-order valence-corrected chi connectivity index (χ2v) is 7.38. The average Bonchev–Trinajstić information content (AvgIpc) is 3.35. The maximum atomic E-state index is 4.89. The summed E-state index contributed by atoms with van der Waals surface area (Å²) in [4.78, 5) is 18.8. The Bertz CT molecular complexity index is 777. The maximum absolute atomic E-state index is 4.89. The van der Waals surface area contributed by atoms with E-state index >= 15 is 0 Å². The number of aromatic nitrogens is 3. The van der Waals surface area contributed by atoms with E-state index < -0.39 is 0 Å². The summed E-state index contributed by atoms with van der Waals surface area (Å²) in [6, 6.07) is 2.11. The Morgan fingerprint density at radius 2 is 2.00 bits per heavy atom. The van der Waals surface area contributed by atoms with Crippen LogP contribution in [-0.4, -0.2) is 52.6 Å². The molecule has 0 atom stereocenters. The first-order valence-electron chi connectivity index (χ1n) is 8.12. The Labute approximate surface area is 149 Å². The Hall–Kier alpha value is -1.83. The number of thiophene rings is 1. The second kappa shape index (κ2) is 6.96. The van der Waals surface area contributed by atoms with Gasteiger partial charge in [0.2, 0.25) is 5.95 Å². The van der Waals surface area contributed by atoms with E-state index in [9.17, 15) is 0 Å². The fraction of sp³-hybridized carbons (Fsp3) is 0.353. The normalized spacial score (nSPS) is 15.8. The summed E-state index contributed by atoms with van der Waals surface area (Å²) in [5.41, 5.74) is 3.15. The molecule has 0 aliphatic carbocycles. The van der Waals surface area contributed by atoms with Crippen LogP contribution < -0.4 is 4.90 Å². The van der Waals surface area contributed by atoms with E-state index in [4.69, 9.17) is 4.98 Å². The molecule has 0 spiro atoms. The molecule has 1 saturated heterocycles. The zero-order valence-corrected chi connectivity index (χ0v) is 15.2. The lowest BCUT2D eigenvalue weighted by molar-refractivity contribution is 0.270. The van der Waals surface area contributed by atoms with Gasteiger partial charge in [-0.15, -0.1) is 11.3 Å². The summed E-state index contributed by atoms with van der Waals surface area (Å²) in [5.74, 6) is 0.815. The molecule has 0 amide bonds. The smallest absolute Gasteiger partial charge is 0.226 e. The number of rotatable bonds is 4. The second-order valence-electron chi connectivity index (χ2n) is 5.70. The van der Waals surface area contributed by atoms with Crippen molar-refractivity contribution in [2.24, 2.45) is 0 Å². The third-order valence-corrected chi connectivity index (χ3v) is 5.81. The van der Waals surface area contributed by atoms with Crippen LogP contribution in [0.1, 0.15) is 6.92 Å². The molecule has 0 aromatic carbocycles. The molecule has 3 aromatic heterocycles. The van der Waals surface area contributed by atoms with E-state index in [2.05, 4.69) is 43.5 Å². The minimum atomic E-state index is 0.815. The fourth-order valence-electron chi connectivity index (χ4n) is 2.92. The van der Waals surface area contributed by atoms with Crippen molar-refractivity contribution in [3.8, 4) is 21.8 Å². The van der Waals surface area contributed by atoms with Crippen LogP contribution in [0.4, 0.5) is 5.95 Å². The quantitative estimate of drug-likeness (QED) is 0.715. The van der Waals surface area contributed by atoms with Gasteiger partial charge < -0.3 is 9.80 Å². The summed E-state index contributed by atoms with van der Waals surface area (Å²) in [6.45, 7) is 7.40. The molecule has 3 aromatic rings. The largest absolute Gasteiger partial charge is 0.338 e. The number of hydrogen-bond acceptors (Lipinski definition) is 7. The molecule has 0 bridgehead atoms. The van der Waals surface area contributed by atoms with Gasteiger partial charge in [-0.2, -0.15) is 11.3 Å². The van der Waals surface area contributed by atoms with E-state index in [1.54, 1.807) is 22.7 Å². The first kappa shape index (κ1) is 15.7. The topological polar surface area (TPSA) is 45.2 Å². The van der Waals surface area contributed by atoms with Crippen molar-refractivity contribution in [1.29, 1.82) is 0 Å². The SMILES string of the molecule is CCN1CCN(c2ncc(-c3ccsc3)c(-c3nccs3)n2)CC1. The van der Waals surface area contributed by atoms with Crippen molar-refractivity contribution in [1.82, 2.24) is 19.9 Å². The molecular weight excluding hydrogens is 338 g/mol. The summed E-state index contributed by atoms with van der Waals surface area (Å²) < 4.78 is 0. The van der Waals surface area contributed by atoms with Crippen LogP contribution in [0.5, 0.6) is 0 Å². The molecule has 1 aliphatic rings. The minimum Gasteiger partial charge on any atom is -0.338 e. The standard InChI is InChI=1S/C17H19N5S2/c1-2-21-5-7-22(8-6-21)17-19-11-14(13-3-9-23-12-13)15(20-17)16-18-4-10-24-16/h3-4,9-12H,2,5-8H2,1H3. The summed E-state index contributed by atoms with van der Waals surface area (Å²) in [6.07, 6.45) is 3.78. The van der Waals surface area contributed by atoms with Gasteiger partial charge in [-0.3, -0.25) is 0 Å². The third kappa shape index (κ3) is 3.07. The summed E-state index contributed by atoms with van der Waals surface area (Å²) >= 11 is 3.31. The number of likely N-dealkylation sites (N-methyl/N-ethyl adjacent to an activating group) is 1. The van der Waals surface area contributed by atoms with Crippen LogP contribution in [0.15, 0.2) is 34.6 Å². The zero-order chi connectivity index (χ0) is 16.4. The highest BCUT2D eigenvalue weighted by Crippen LogP contribution is 2.33. The zero-order valence-electron chi connectivity index (χ0n) is 13.6. The van der Waals surface area contributed by atoms with E-state index in [1.165, 1.54) is 0 Å². The Balaban J connectivity index is 1.69. The highest BCUT2D eigenvalue weighted by Gasteiger charge is 2.20. The Kier molecular flexibility index (Phi) is 4.55. The summed E-state index contributed by atoms with van der Waals surface area (Å²) in [7, 11) is 0. The Morgan fingerprint density at radius 1 is 1.12 bits per heavy atom. The van der Waals surface area contributed by atoms with Crippen molar-refractivity contribution in [3.63, 3.8) is 0 Å². The van der Waals surface area contributed by atoms with Gasteiger partial charge in [-0.1, -0.05) is 6.92 Å². The number of hydrogen-bond donors (Lipinski definition) is 0. The molecule has 24 heavy (non-hydrogen) atoms. The van der Waals surface area contributed by atoms with Crippen molar-refractivity contribution in [3.05, 3.63) is 34.6 Å². The van der Waals surface area contributed by atoms with E-state index in [-0.39, 0.29) is 0 Å². The molecule has 5 nitrogen and oxygen atoms in total. The van der Waals surface area contributed by atoms with Crippen LogP contribution in [0.25, 0.3) is 21.8 Å². The third-order valence-electron chi connectivity index (χ3n) is 4.35. The molecule has 7 heteroatoms. The van der Waals surface area contributed by atoms with Gasteiger partial charge in [0.05, 0.1) is 0 Å². The number of thiazole rings is 1. The molecule has 1 fully saturated rings. The van der Waals surface area contributed by atoms with Gasteiger partial charge in [0.1, 0.15) is 10.7 Å². The highest BCUT2D eigenvalue weighted by molar-refractivity contribution is 7.13. The molecule has 1 aliphatic heterocycles. The fourth-order valence-corrected chi connectivity index (χ4v) is 4.22. The average molecular weight is 358 g/mol. The minimum absolute atomic E-state index is 0.815. The van der Waals surface area contributed by atoms with Gasteiger partial charge in [-0.25, -0.2) is 15.0 Å². The molecule has 124 valence electrons. The van der Waals surface area contributed by atoms with Crippen LogP contribution in [0, 0.1) is 0 Å². The monoisotopic (exact) mass is 357 g/mol. The molecule has 4 rings (SSSR count). The predicted molar refractivity (Wildman–Crippen MR) is 101 cm³/mol. The molecule has 0 N–H and O–H groups in total. The number of anilines is 1. The van der Waals surface area contributed by atoms with Crippen LogP contribution in [0.2, 0.25) is 0 Å². The van der Waals surface area contributed by atoms with Crippen molar-refractivity contribution in [2.45, 2.75) is 6.92 Å². The van der Waals surface area contributed by atoms with E-state index in [0.29, 0.717) is 0 Å². The highest BCUT2D eigenvalue weighted by atomic mass is 32.1. The number of piperazine rings is 1. The number of nitrogens with zero attached hydrogens (tertiary/aromatic N) is 5. The molecule has 0 radical (unpaired) electrons. The first-order valence-corrected chi connectivity index (χ1v) is 9.94. The van der Waals surface area contributed by atoms with Gasteiger partial charge >= 0.3 is 0 Å². The van der Waals surface area contributed by atoms with Crippen LogP contribution in [-0.2, 0) is 0 Å². The molecule has 4 heterocycles. The van der Waals surface area contributed by atoms with Gasteiger partial charge in [-0.05, 0) is 28.9 Å². The van der Waals surface area contributed by atoms with Gasteiger partial charge in [0.25, 0.3) is 0 Å². The first-order chi connectivity index (χ1) is 11.8. The predicted octanol–water partition coefficient (Wildman–Crippen LogP) is 3.47. The van der Waals surface area contributed by atoms with Crippen molar-refractivity contribution in [2.75, 3.05) is 37.6 Å². The molecule has 0 saturated carbocycles. The maximum Gasteiger partial charge on any atom is 0.226 e. The lowest BCUT2D eigenvalue weighted by Gasteiger charge is -2.34. The van der Waals surface area contributed by atoms with Gasteiger partial charge in [0.15, 0.2) is 0 Å². The Morgan fingerprint density at radius 3 is 2.67 bits per heavy atom. The molecule has 0 unspecified atom stereocenters. The van der Waals surface area contributed by atoms with Crippen molar-refractivity contribution < 1.29 is 0 Å². The van der Waals surface area contributed by atoms with Crippen LogP contribution in [0.3, 0.4) is 0 Å². The van der Waals surface area contributed by atoms with E-state index in [0.717, 1.165) is 60.5 Å². The van der Waals surface area contributed by atoms with Crippen molar-refractivity contribution >= 4 is 28.6 Å². The lowest BCUT2D eigenvalue weighted by Crippen LogP contribution is -2.46. The summed E-state index contributed by atoms with van der Waals surface area (Å²) in [5, 5.41) is 7.16.